The first-order chi connectivity index (χ1) is 16.4. The van der Waals surface area contributed by atoms with Crippen molar-refractivity contribution < 1.29 is 23.7 Å². The van der Waals surface area contributed by atoms with E-state index in [1.165, 1.54) is 6.08 Å². The Morgan fingerprint density at radius 1 is 1.09 bits per heavy atom. The van der Waals surface area contributed by atoms with Gasteiger partial charge in [-0.2, -0.15) is 4.39 Å². The monoisotopic (exact) mass is 468 g/mol. The van der Waals surface area contributed by atoms with Gasteiger partial charge in [0.25, 0.3) is 5.56 Å². The fraction of sp³-hybridized carbons (Fsp3) is 0.280. The van der Waals surface area contributed by atoms with Gasteiger partial charge >= 0.3 is 5.69 Å². The molecule has 1 fully saturated rings. The molecule has 0 aliphatic carbocycles. The van der Waals surface area contributed by atoms with E-state index in [4.69, 9.17) is 14.2 Å². The van der Waals surface area contributed by atoms with Crippen LogP contribution in [0.15, 0.2) is 89.1 Å². The van der Waals surface area contributed by atoms with Crippen molar-refractivity contribution in [3.8, 4) is 0 Å². The summed E-state index contributed by atoms with van der Waals surface area (Å²) in [5.74, 6) is -1.19. The molecule has 4 rings (SSSR count). The molecule has 0 spiro atoms. The second-order valence-corrected chi connectivity index (χ2v) is 8.00. The van der Waals surface area contributed by atoms with Gasteiger partial charge in [-0.15, -0.1) is 6.58 Å². The molecule has 178 valence electrons. The predicted molar refractivity (Wildman–Crippen MR) is 121 cm³/mol. The van der Waals surface area contributed by atoms with Crippen molar-refractivity contribution >= 4 is 0 Å². The average molecular weight is 468 g/mol. The zero-order valence-electron chi connectivity index (χ0n) is 18.3. The van der Waals surface area contributed by atoms with Crippen molar-refractivity contribution in [1.82, 2.24) is 9.55 Å². The Labute approximate surface area is 194 Å². The molecule has 0 saturated carbocycles. The number of benzene rings is 2. The van der Waals surface area contributed by atoms with Crippen LogP contribution in [0, 0.1) is 5.82 Å². The third kappa shape index (κ3) is 4.92. The van der Waals surface area contributed by atoms with Gasteiger partial charge in [0.15, 0.2) is 6.23 Å². The number of nitrogens with one attached hydrogen (secondary N) is 1. The van der Waals surface area contributed by atoms with Crippen LogP contribution in [0.4, 0.5) is 4.39 Å². The third-order valence-corrected chi connectivity index (χ3v) is 5.68. The largest absolute Gasteiger partial charge is 0.386 e. The second-order valence-electron chi connectivity index (χ2n) is 8.00. The number of aliphatic hydroxyl groups excluding tert-OH is 1. The summed E-state index contributed by atoms with van der Waals surface area (Å²) in [7, 11) is 0. The number of rotatable bonds is 9. The second kappa shape index (κ2) is 10.3. The Balaban J connectivity index is 1.62. The lowest BCUT2D eigenvalue weighted by atomic mass is 9.95. The first-order valence-electron chi connectivity index (χ1n) is 10.7. The lowest BCUT2D eigenvalue weighted by Gasteiger charge is -2.31. The molecule has 3 aromatic rings. The summed E-state index contributed by atoms with van der Waals surface area (Å²) >= 11 is 0. The molecule has 1 aliphatic heterocycles. The van der Waals surface area contributed by atoms with Crippen molar-refractivity contribution in [2.45, 2.75) is 37.3 Å². The Morgan fingerprint density at radius 2 is 1.71 bits per heavy atom. The van der Waals surface area contributed by atoms with Gasteiger partial charge in [0, 0.05) is 0 Å². The van der Waals surface area contributed by atoms with Crippen molar-refractivity contribution in [3.05, 3.63) is 117 Å². The number of H-pyrrole nitrogens is 1. The maximum atomic E-state index is 14.0. The summed E-state index contributed by atoms with van der Waals surface area (Å²) in [6, 6.07) is 18.8. The molecule has 2 N–H and O–H groups in total. The maximum Gasteiger partial charge on any atom is 0.330 e. The van der Waals surface area contributed by atoms with E-state index in [-0.39, 0.29) is 19.8 Å². The fourth-order valence-electron chi connectivity index (χ4n) is 3.91. The van der Waals surface area contributed by atoms with Gasteiger partial charge in [-0.1, -0.05) is 66.7 Å². The quantitative estimate of drug-likeness (QED) is 0.467. The van der Waals surface area contributed by atoms with Gasteiger partial charge in [0.2, 0.25) is 5.82 Å². The van der Waals surface area contributed by atoms with Crippen molar-refractivity contribution in [1.29, 1.82) is 0 Å². The highest BCUT2D eigenvalue weighted by molar-refractivity contribution is 5.17. The zero-order chi connectivity index (χ0) is 24.1. The van der Waals surface area contributed by atoms with E-state index >= 15 is 0 Å². The molecule has 4 atom stereocenters. The number of hydrogen-bond donors (Lipinski definition) is 2. The molecular weight excluding hydrogens is 443 g/mol. The topological polar surface area (TPSA) is 103 Å². The first kappa shape index (κ1) is 23.8. The predicted octanol–water partition coefficient (Wildman–Crippen LogP) is 2.29. The summed E-state index contributed by atoms with van der Waals surface area (Å²) in [6.07, 6.45) is -1.60. The summed E-state index contributed by atoms with van der Waals surface area (Å²) in [6.45, 7) is 4.19. The number of nitrogens with zero attached hydrogens (tertiary/aromatic N) is 1. The molecular formula is C25H25FN2O6. The Morgan fingerprint density at radius 3 is 2.32 bits per heavy atom. The highest BCUT2D eigenvalue weighted by atomic mass is 19.1. The number of aromatic nitrogens is 2. The number of ether oxygens (including phenoxy) is 3. The molecule has 9 heteroatoms. The Bertz CT molecular complexity index is 1230. The fourth-order valence-corrected chi connectivity index (χ4v) is 3.91. The maximum absolute atomic E-state index is 14.0. The molecule has 8 nitrogen and oxygen atoms in total. The van der Waals surface area contributed by atoms with E-state index < -0.39 is 41.1 Å². The van der Waals surface area contributed by atoms with Crippen molar-refractivity contribution in [2.75, 3.05) is 6.61 Å². The van der Waals surface area contributed by atoms with Gasteiger partial charge in [-0.05, 0) is 11.1 Å². The van der Waals surface area contributed by atoms with Gasteiger partial charge in [-0.25, -0.2) is 4.79 Å². The summed E-state index contributed by atoms with van der Waals surface area (Å²) in [4.78, 5) is 25.7. The van der Waals surface area contributed by atoms with Crippen molar-refractivity contribution in [2.24, 2.45) is 0 Å². The average Bonchev–Trinajstić information content (AvgIpc) is 3.13. The van der Waals surface area contributed by atoms with Gasteiger partial charge in [-0.3, -0.25) is 14.3 Å². The summed E-state index contributed by atoms with van der Waals surface area (Å²) in [5.41, 5.74) is -1.67. The summed E-state index contributed by atoms with van der Waals surface area (Å²) in [5, 5.41) is 11.1. The molecule has 0 radical (unpaired) electrons. The minimum absolute atomic E-state index is 0.0566. The Kier molecular flexibility index (Phi) is 7.18. The van der Waals surface area contributed by atoms with Crippen molar-refractivity contribution in [3.63, 3.8) is 0 Å². The van der Waals surface area contributed by atoms with Crippen LogP contribution in [0.3, 0.4) is 0 Å². The van der Waals surface area contributed by atoms with E-state index in [0.717, 1.165) is 15.7 Å². The zero-order valence-corrected chi connectivity index (χ0v) is 18.3. The molecule has 2 aromatic carbocycles. The van der Waals surface area contributed by atoms with Crippen LogP contribution in [-0.2, 0) is 27.4 Å². The van der Waals surface area contributed by atoms with Crippen LogP contribution < -0.4 is 11.2 Å². The van der Waals surface area contributed by atoms with Gasteiger partial charge < -0.3 is 19.3 Å². The molecule has 1 aromatic heterocycles. The van der Waals surface area contributed by atoms with E-state index in [1.54, 1.807) is 0 Å². The van der Waals surface area contributed by atoms with E-state index in [0.29, 0.717) is 6.20 Å². The number of aliphatic hydroxyl groups is 1. The lowest BCUT2D eigenvalue weighted by Crippen LogP contribution is -2.47. The summed E-state index contributed by atoms with van der Waals surface area (Å²) < 4.78 is 32.7. The van der Waals surface area contributed by atoms with Gasteiger partial charge in [0.05, 0.1) is 26.0 Å². The molecule has 0 amide bonds. The first-order valence-corrected chi connectivity index (χ1v) is 10.7. The molecule has 2 heterocycles. The SMILES string of the molecule is C=C[C@]1(COCc2ccccc2)O[C@@H](n2cc(F)c(=O)[nH]c2=O)[C@@H](O)[C@@H]1OCc1ccccc1. The van der Waals surface area contributed by atoms with E-state index in [9.17, 15) is 19.1 Å². The number of hydrogen-bond acceptors (Lipinski definition) is 6. The van der Waals surface area contributed by atoms with E-state index in [2.05, 4.69) is 6.58 Å². The molecule has 1 saturated heterocycles. The molecule has 0 unspecified atom stereocenters. The standard InChI is InChI=1S/C25H25FN2O6/c1-2-25(16-32-14-17-9-5-3-6-10-17)21(33-15-18-11-7-4-8-12-18)20(29)23(34-25)28-13-19(26)22(30)27-24(28)31/h2-13,20-21,23,29H,1,14-16H2,(H,27,30,31)/t20-,21-,23+,25+/m0/s1. The number of halogens is 1. The highest BCUT2D eigenvalue weighted by Gasteiger charge is 2.55. The van der Waals surface area contributed by atoms with Crippen LogP contribution in [0.1, 0.15) is 17.4 Å². The van der Waals surface area contributed by atoms with Crippen LogP contribution in [0.5, 0.6) is 0 Å². The van der Waals surface area contributed by atoms with Crippen LogP contribution in [0.2, 0.25) is 0 Å². The molecule has 1 aliphatic rings. The Hall–Kier alpha value is -3.37. The third-order valence-electron chi connectivity index (χ3n) is 5.68. The minimum Gasteiger partial charge on any atom is -0.386 e. The van der Waals surface area contributed by atoms with E-state index in [1.807, 2.05) is 65.6 Å². The lowest BCUT2D eigenvalue weighted by molar-refractivity contribution is -0.130. The van der Waals surface area contributed by atoms with Crippen LogP contribution in [-0.4, -0.2) is 39.1 Å². The molecule has 34 heavy (non-hydrogen) atoms. The molecule has 0 bridgehead atoms. The van der Waals surface area contributed by atoms with Crippen LogP contribution >= 0.6 is 0 Å². The van der Waals surface area contributed by atoms with Crippen LogP contribution in [0.25, 0.3) is 0 Å². The minimum atomic E-state index is -1.40. The highest BCUT2D eigenvalue weighted by Crippen LogP contribution is 2.40. The van der Waals surface area contributed by atoms with Gasteiger partial charge in [0.1, 0.15) is 17.8 Å². The smallest absolute Gasteiger partial charge is 0.330 e. The number of aromatic amines is 1. The normalized spacial score (nSPS) is 24.2.